The van der Waals surface area contributed by atoms with Crippen molar-refractivity contribution in [3.8, 4) is 5.75 Å². The molecule has 118 valence electrons. The van der Waals surface area contributed by atoms with Crippen LogP contribution in [0.3, 0.4) is 0 Å². The molecule has 0 aliphatic rings. The Labute approximate surface area is 135 Å². The highest BCUT2D eigenvalue weighted by atomic mass is 16.5. The zero-order valence-corrected chi connectivity index (χ0v) is 12.8. The van der Waals surface area contributed by atoms with E-state index in [1.54, 1.807) is 37.5 Å². The van der Waals surface area contributed by atoms with Crippen molar-refractivity contribution in [2.45, 2.75) is 0 Å². The van der Waals surface area contributed by atoms with Crippen LogP contribution in [0.1, 0.15) is 5.56 Å². The van der Waals surface area contributed by atoms with Crippen molar-refractivity contribution in [2.75, 3.05) is 7.11 Å². The highest BCUT2D eigenvalue weighted by molar-refractivity contribution is 5.79. The Bertz CT molecular complexity index is 1220. The van der Waals surface area contributed by atoms with Crippen LogP contribution >= 0.6 is 0 Å². The second-order valence-electron chi connectivity index (χ2n) is 5.35. The molecule has 2 aromatic carbocycles. The lowest BCUT2D eigenvalue weighted by atomic mass is 10.2. The van der Waals surface area contributed by atoms with E-state index < -0.39 is 0 Å². The van der Waals surface area contributed by atoms with Gasteiger partial charge in [-0.25, -0.2) is 4.40 Å². The fourth-order valence-electron chi connectivity index (χ4n) is 2.72. The lowest BCUT2D eigenvalue weighted by Gasteiger charge is -1.98. The van der Waals surface area contributed by atoms with Crippen LogP contribution in [0.2, 0.25) is 0 Å². The summed E-state index contributed by atoms with van der Waals surface area (Å²) in [6.07, 6.45) is 1.72. The molecule has 6 nitrogen and oxygen atoms in total. The van der Waals surface area contributed by atoms with Crippen molar-refractivity contribution in [1.82, 2.24) is 14.4 Å². The first kappa shape index (κ1) is 14.2. The number of fused-ring (bicyclic) bond motifs is 3. The van der Waals surface area contributed by atoms with E-state index in [2.05, 4.69) is 9.97 Å². The highest BCUT2D eigenvalue weighted by Gasteiger charge is 2.10. The van der Waals surface area contributed by atoms with Crippen LogP contribution in [0, 0.1) is 0 Å². The van der Waals surface area contributed by atoms with Gasteiger partial charge in [-0.2, -0.15) is 4.98 Å². The van der Waals surface area contributed by atoms with E-state index in [1.807, 2.05) is 24.3 Å². The van der Waals surface area contributed by atoms with E-state index in [0.717, 1.165) is 11.3 Å². The summed E-state index contributed by atoms with van der Waals surface area (Å²) in [5.41, 5.74) is 0.780. The molecule has 2 aromatic heterocycles. The van der Waals surface area contributed by atoms with Gasteiger partial charge in [0, 0.05) is 0 Å². The molecule has 0 bridgehead atoms. The molecular formula is C18H13N3O3. The number of para-hydroxylation sites is 1. The number of aromatic nitrogens is 3. The third-order valence-electron chi connectivity index (χ3n) is 3.90. The van der Waals surface area contributed by atoms with E-state index in [9.17, 15) is 9.59 Å². The van der Waals surface area contributed by atoms with Crippen LogP contribution in [0.25, 0.3) is 22.8 Å². The summed E-state index contributed by atoms with van der Waals surface area (Å²) in [5, 5.41) is 0.783. The molecule has 0 amide bonds. The molecular weight excluding hydrogens is 306 g/mol. The summed E-state index contributed by atoms with van der Waals surface area (Å²) in [7, 11) is 1.60. The van der Waals surface area contributed by atoms with Gasteiger partial charge in [-0.15, -0.1) is 0 Å². The van der Waals surface area contributed by atoms with Crippen LogP contribution in [-0.2, 0) is 0 Å². The standard InChI is InChI=1S/C18H13N3O3/c1-24-12-8-6-11(7-9-12)10-14-17(23)21-15-5-3-2-4-13(15)16(22)20-18(21)19-14/h2-10H,1H3,(H,19,20,22)/b14-10-. The smallest absolute Gasteiger partial charge is 0.282 e. The minimum absolute atomic E-state index is 0.239. The Morgan fingerprint density at radius 3 is 2.58 bits per heavy atom. The Balaban J connectivity index is 2.02. The van der Waals surface area contributed by atoms with Crippen LogP contribution in [0.5, 0.6) is 5.75 Å². The maximum atomic E-state index is 12.7. The normalized spacial score (nSPS) is 12.1. The molecule has 2 heterocycles. The zero-order chi connectivity index (χ0) is 16.7. The summed E-state index contributed by atoms with van der Waals surface area (Å²) in [5.74, 6) is 0.979. The fourth-order valence-corrected chi connectivity index (χ4v) is 2.72. The first-order chi connectivity index (χ1) is 11.7. The number of H-pyrrole nitrogens is 1. The number of imidazole rings is 1. The molecule has 1 N–H and O–H groups in total. The molecule has 0 saturated heterocycles. The fraction of sp³-hybridized carbons (Fsp3) is 0.0556. The maximum absolute atomic E-state index is 12.7. The van der Waals surface area contributed by atoms with Crippen LogP contribution in [0.15, 0.2) is 58.1 Å². The zero-order valence-electron chi connectivity index (χ0n) is 12.8. The summed E-state index contributed by atoms with van der Waals surface area (Å²) in [6, 6.07) is 14.3. The van der Waals surface area contributed by atoms with E-state index in [-0.39, 0.29) is 16.9 Å². The molecule has 0 fully saturated rings. The number of ether oxygens (including phenoxy) is 1. The van der Waals surface area contributed by atoms with Gasteiger partial charge in [0.2, 0.25) is 5.78 Å². The minimum atomic E-state index is -0.358. The lowest BCUT2D eigenvalue weighted by molar-refractivity contribution is 0.415. The van der Waals surface area contributed by atoms with Crippen molar-refractivity contribution < 1.29 is 4.74 Å². The second-order valence-corrected chi connectivity index (χ2v) is 5.35. The van der Waals surface area contributed by atoms with Gasteiger partial charge in [0.25, 0.3) is 11.1 Å². The predicted molar refractivity (Wildman–Crippen MR) is 91.4 cm³/mol. The monoisotopic (exact) mass is 319 g/mol. The molecule has 0 unspecified atom stereocenters. The predicted octanol–water partition coefficient (Wildman–Crippen LogP) is 1.09. The van der Waals surface area contributed by atoms with Crippen molar-refractivity contribution in [1.29, 1.82) is 0 Å². The second kappa shape index (κ2) is 5.34. The number of rotatable bonds is 2. The average molecular weight is 319 g/mol. The van der Waals surface area contributed by atoms with Crippen molar-refractivity contribution >= 4 is 22.8 Å². The lowest BCUT2D eigenvalue weighted by Crippen LogP contribution is -2.26. The topological polar surface area (TPSA) is 76.5 Å². The average Bonchev–Trinajstić information content (AvgIpc) is 2.91. The summed E-state index contributed by atoms with van der Waals surface area (Å²) >= 11 is 0. The minimum Gasteiger partial charge on any atom is -0.497 e. The molecule has 6 heteroatoms. The van der Waals surface area contributed by atoms with Crippen molar-refractivity contribution in [2.24, 2.45) is 0 Å². The van der Waals surface area contributed by atoms with Crippen LogP contribution < -0.4 is 21.2 Å². The highest BCUT2D eigenvalue weighted by Crippen LogP contribution is 2.11. The van der Waals surface area contributed by atoms with Gasteiger partial charge in [0.1, 0.15) is 11.1 Å². The van der Waals surface area contributed by atoms with Gasteiger partial charge in [-0.1, -0.05) is 24.3 Å². The summed E-state index contributed by atoms with van der Waals surface area (Å²) < 4.78 is 6.54. The van der Waals surface area contributed by atoms with Crippen LogP contribution in [0.4, 0.5) is 0 Å². The summed E-state index contributed by atoms with van der Waals surface area (Å²) in [6.45, 7) is 0. The number of methoxy groups -OCH3 is 1. The first-order valence-corrected chi connectivity index (χ1v) is 7.36. The van der Waals surface area contributed by atoms with Gasteiger partial charge in [0.05, 0.1) is 18.0 Å². The molecule has 4 aromatic rings. The number of hydrogen-bond acceptors (Lipinski definition) is 4. The molecule has 0 spiro atoms. The van der Waals surface area contributed by atoms with Gasteiger partial charge in [-0.05, 0) is 35.9 Å². The third kappa shape index (κ3) is 2.16. The van der Waals surface area contributed by atoms with E-state index >= 15 is 0 Å². The number of benzene rings is 2. The number of aromatic amines is 1. The maximum Gasteiger partial charge on any atom is 0.282 e. The van der Waals surface area contributed by atoms with Gasteiger partial charge < -0.3 is 9.72 Å². The Morgan fingerprint density at radius 2 is 1.83 bits per heavy atom. The first-order valence-electron chi connectivity index (χ1n) is 7.36. The molecule has 0 saturated carbocycles. The quantitative estimate of drug-likeness (QED) is 0.600. The Morgan fingerprint density at radius 1 is 1.08 bits per heavy atom. The van der Waals surface area contributed by atoms with Gasteiger partial charge >= 0.3 is 0 Å². The summed E-state index contributed by atoms with van der Waals surface area (Å²) in [4.78, 5) is 31.7. The van der Waals surface area contributed by atoms with Crippen molar-refractivity contribution in [3.63, 3.8) is 0 Å². The molecule has 0 atom stereocenters. The largest absolute Gasteiger partial charge is 0.497 e. The third-order valence-corrected chi connectivity index (χ3v) is 3.90. The number of nitrogens with one attached hydrogen (secondary N) is 1. The Hall–Kier alpha value is -3.41. The molecule has 0 aliphatic carbocycles. The molecule has 24 heavy (non-hydrogen) atoms. The van der Waals surface area contributed by atoms with Crippen LogP contribution in [-0.4, -0.2) is 21.5 Å². The molecule has 0 aliphatic heterocycles. The molecule has 0 radical (unpaired) electrons. The van der Waals surface area contributed by atoms with Gasteiger partial charge in [0.15, 0.2) is 0 Å². The van der Waals surface area contributed by atoms with Crippen molar-refractivity contribution in [3.05, 3.63) is 80.2 Å². The van der Waals surface area contributed by atoms with E-state index in [0.29, 0.717) is 16.3 Å². The molecule has 4 rings (SSSR count). The SMILES string of the molecule is COc1ccc(/C=c2\[nH]c3nc(=O)c4ccccc4n3c2=O)cc1. The van der Waals surface area contributed by atoms with E-state index in [4.69, 9.17) is 4.74 Å². The Kier molecular flexibility index (Phi) is 3.16. The number of hydrogen-bond donors (Lipinski definition) is 1. The van der Waals surface area contributed by atoms with E-state index in [1.165, 1.54) is 4.40 Å². The van der Waals surface area contributed by atoms with Gasteiger partial charge in [-0.3, -0.25) is 9.59 Å². The number of nitrogens with zero attached hydrogens (tertiary/aromatic N) is 2.